The van der Waals surface area contributed by atoms with E-state index in [1.165, 1.54) is 0 Å². The number of anilines is 1. The van der Waals surface area contributed by atoms with Gasteiger partial charge >= 0.3 is 0 Å². The van der Waals surface area contributed by atoms with Gasteiger partial charge in [-0.2, -0.15) is 5.10 Å². The fourth-order valence-corrected chi connectivity index (χ4v) is 2.27. The van der Waals surface area contributed by atoms with E-state index in [1.807, 2.05) is 60.7 Å². The van der Waals surface area contributed by atoms with Gasteiger partial charge in [0, 0.05) is 17.5 Å². The molecule has 2 aromatic carbocycles. The topological polar surface area (TPSA) is 53.1 Å². The average molecular weight is 307 g/mol. The first-order valence-electron chi connectivity index (χ1n) is 7.63. The van der Waals surface area contributed by atoms with Gasteiger partial charge in [0.1, 0.15) is 17.3 Å². The lowest BCUT2D eigenvalue weighted by atomic mass is 9.92. The summed E-state index contributed by atoms with van der Waals surface area (Å²) in [5.41, 5.74) is 7.93. The van der Waals surface area contributed by atoms with Gasteiger partial charge in [-0.05, 0) is 24.3 Å². The third-order valence-electron chi connectivity index (χ3n) is 3.55. The Morgan fingerprint density at radius 3 is 2.26 bits per heavy atom. The number of nitrogens with two attached hydrogens (primary N) is 1. The van der Waals surface area contributed by atoms with Crippen molar-refractivity contribution < 1.29 is 4.74 Å². The second kappa shape index (κ2) is 5.80. The minimum absolute atomic E-state index is 0.0441. The lowest BCUT2D eigenvalue weighted by Crippen LogP contribution is -2.12. The molecule has 118 valence electrons. The van der Waals surface area contributed by atoms with Crippen LogP contribution in [0, 0.1) is 0 Å². The van der Waals surface area contributed by atoms with Gasteiger partial charge in [-0.15, -0.1) is 0 Å². The molecule has 0 spiro atoms. The number of para-hydroxylation sites is 1. The van der Waals surface area contributed by atoms with Gasteiger partial charge in [0.2, 0.25) is 0 Å². The fraction of sp³-hybridized carbons (Fsp3) is 0.211. The molecule has 3 rings (SSSR count). The minimum Gasteiger partial charge on any atom is -0.457 e. The molecule has 0 amide bonds. The Kier molecular flexibility index (Phi) is 3.82. The van der Waals surface area contributed by atoms with Crippen LogP contribution in [0.1, 0.15) is 26.5 Å². The smallest absolute Gasteiger partial charge is 0.129 e. The van der Waals surface area contributed by atoms with E-state index in [9.17, 15) is 0 Å². The standard InChI is InChI=1S/C19H21N3O/c1-19(2,3)17-13-18(20)22(21-17)14-8-7-11-16(12-14)23-15-9-5-4-6-10-15/h4-13H,20H2,1-3H3. The minimum atomic E-state index is -0.0441. The SMILES string of the molecule is CC(C)(C)c1cc(N)n(-c2cccc(Oc3ccccc3)c2)n1. The predicted molar refractivity (Wildman–Crippen MR) is 93.2 cm³/mol. The van der Waals surface area contributed by atoms with Crippen LogP contribution in [0.15, 0.2) is 60.7 Å². The van der Waals surface area contributed by atoms with Gasteiger partial charge in [-0.1, -0.05) is 45.0 Å². The van der Waals surface area contributed by atoms with E-state index in [2.05, 4.69) is 25.9 Å². The Bertz CT molecular complexity index is 801. The molecule has 1 aromatic heterocycles. The van der Waals surface area contributed by atoms with E-state index >= 15 is 0 Å². The number of nitrogens with zero attached hydrogens (tertiary/aromatic N) is 2. The van der Waals surface area contributed by atoms with Crippen LogP contribution >= 0.6 is 0 Å². The Labute approximate surface area is 136 Å². The lowest BCUT2D eigenvalue weighted by molar-refractivity contribution is 0.482. The van der Waals surface area contributed by atoms with Gasteiger partial charge in [0.25, 0.3) is 0 Å². The van der Waals surface area contributed by atoms with Crippen molar-refractivity contribution >= 4 is 5.82 Å². The number of ether oxygens (including phenoxy) is 1. The van der Waals surface area contributed by atoms with Crippen LogP contribution in [0.2, 0.25) is 0 Å². The van der Waals surface area contributed by atoms with E-state index in [1.54, 1.807) is 4.68 Å². The molecular formula is C19H21N3O. The third kappa shape index (κ3) is 3.37. The van der Waals surface area contributed by atoms with Crippen molar-refractivity contribution in [2.75, 3.05) is 5.73 Å². The maximum atomic E-state index is 6.13. The molecule has 0 saturated carbocycles. The van der Waals surface area contributed by atoms with Gasteiger partial charge in [-0.3, -0.25) is 0 Å². The van der Waals surface area contributed by atoms with Crippen LogP contribution < -0.4 is 10.5 Å². The number of nitrogen functional groups attached to an aromatic ring is 1. The highest BCUT2D eigenvalue weighted by Crippen LogP contribution is 2.27. The van der Waals surface area contributed by atoms with Crippen LogP contribution in [-0.2, 0) is 5.41 Å². The lowest BCUT2D eigenvalue weighted by Gasteiger charge is -2.14. The number of aromatic nitrogens is 2. The molecule has 0 radical (unpaired) electrons. The Balaban J connectivity index is 1.93. The van der Waals surface area contributed by atoms with Crippen molar-refractivity contribution in [3.63, 3.8) is 0 Å². The van der Waals surface area contributed by atoms with Crippen molar-refractivity contribution in [3.8, 4) is 17.2 Å². The Hall–Kier alpha value is -2.75. The molecule has 0 aliphatic carbocycles. The summed E-state index contributed by atoms with van der Waals surface area (Å²) in [6.45, 7) is 6.36. The Morgan fingerprint density at radius 1 is 0.913 bits per heavy atom. The summed E-state index contributed by atoms with van der Waals surface area (Å²) < 4.78 is 7.62. The van der Waals surface area contributed by atoms with E-state index < -0.39 is 0 Å². The van der Waals surface area contributed by atoms with Gasteiger partial charge < -0.3 is 10.5 Å². The quantitative estimate of drug-likeness (QED) is 0.772. The molecule has 0 fully saturated rings. The highest BCUT2D eigenvalue weighted by molar-refractivity contribution is 5.47. The summed E-state index contributed by atoms with van der Waals surface area (Å²) >= 11 is 0. The number of hydrogen-bond donors (Lipinski definition) is 1. The van der Waals surface area contributed by atoms with Crippen LogP contribution in [0.4, 0.5) is 5.82 Å². The third-order valence-corrected chi connectivity index (χ3v) is 3.55. The number of benzene rings is 2. The molecule has 4 nitrogen and oxygen atoms in total. The molecule has 0 aliphatic heterocycles. The highest BCUT2D eigenvalue weighted by Gasteiger charge is 2.19. The first-order valence-corrected chi connectivity index (χ1v) is 7.63. The molecule has 0 atom stereocenters. The molecule has 2 N–H and O–H groups in total. The fourth-order valence-electron chi connectivity index (χ4n) is 2.27. The molecule has 0 unspecified atom stereocenters. The van der Waals surface area contributed by atoms with Crippen LogP contribution in [0.25, 0.3) is 5.69 Å². The summed E-state index contributed by atoms with van der Waals surface area (Å²) in [5, 5.41) is 4.64. The van der Waals surface area contributed by atoms with E-state index in [0.717, 1.165) is 22.9 Å². The zero-order chi connectivity index (χ0) is 16.4. The second-order valence-electron chi connectivity index (χ2n) is 6.53. The second-order valence-corrected chi connectivity index (χ2v) is 6.53. The monoisotopic (exact) mass is 307 g/mol. The van der Waals surface area contributed by atoms with E-state index in [4.69, 9.17) is 10.5 Å². The van der Waals surface area contributed by atoms with E-state index in [0.29, 0.717) is 5.82 Å². The van der Waals surface area contributed by atoms with Crippen LogP contribution in [-0.4, -0.2) is 9.78 Å². The zero-order valence-corrected chi connectivity index (χ0v) is 13.7. The highest BCUT2D eigenvalue weighted by atomic mass is 16.5. The molecule has 3 aromatic rings. The molecule has 23 heavy (non-hydrogen) atoms. The van der Waals surface area contributed by atoms with Crippen molar-refractivity contribution in [3.05, 3.63) is 66.4 Å². The maximum absolute atomic E-state index is 6.13. The molecule has 0 bridgehead atoms. The van der Waals surface area contributed by atoms with Crippen LogP contribution in [0.3, 0.4) is 0 Å². The summed E-state index contributed by atoms with van der Waals surface area (Å²) in [5.74, 6) is 2.17. The first kappa shape index (κ1) is 15.2. The molecular weight excluding hydrogens is 286 g/mol. The largest absolute Gasteiger partial charge is 0.457 e. The van der Waals surface area contributed by atoms with Gasteiger partial charge in [0.15, 0.2) is 0 Å². The van der Waals surface area contributed by atoms with Crippen molar-refractivity contribution in [1.82, 2.24) is 9.78 Å². The average Bonchev–Trinajstić information content (AvgIpc) is 2.91. The Morgan fingerprint density at radius 2 is 1.61 bits per heavy atom. The summed E-state index contributed by atoms with van der Waals surface area (Å²) in [6.07, 6.45) is 0. The zero-order valence-electron chi connectivity index (χ0n) is 13.7. The molecule has 0 aliphatic rings. The van der Waals surface area contributed by atoms with Crippen molar-refractivity contribution in [2.24, 2.45) is 0 Å². The van der Waals surface area contributed by atoms with Crippen molar-refractivity contribution in [2.45, 2.75) is 26.2 Å². The van der Waals surface area contributed by atoms with Gasteiger partial charge in [0.05, 0.1) is 11.4 Å². The molecule has 1 heterocycles. The van der Waals surface area contributed by atoms with Crippen LogP contribution in [0.5, 0.6) is 11.5 Å². The molecule has 4 heteroatoms. The predicted octanol–water partition coefficient (Wildman–Crippen LogP) is 4.54. The van der Waals surface area contributed by atoms with Gasteiger partial charge in [-0.25, -0.2) is 4.68 Å². The summed E-state index contributed by atoms with van der Waals surface area (Å²) in [7, 11) is 0. The molecule has 0 saturated heterocycles. The maximum Gasteiger partial charge on any atom is 0.129 e. The first-order chi connectivity index (χ1) is 10.9. The van der Waals surface area contributed by atoms with Crippen molar-refractivity contribution in [1.29, 1.82) is 0 Å². The number of rotatable bonds is 3. The normalized spacial score (nSPS) is 11.4. The van der Waals surface area contributed by atoms with E-state index in [-0.39, 0.29) is 5.41 Å². The summed E-state index contributed by atoms with van der Waals surface area (Å²) in [4.78, 5) is 0. The summed E-state index contributed by atoms with van der Waals surface area (Å²) in [6, 6.07) is 19.4. The number of hydrogen-bond acceptors (Lipinski definition) is 3.